The van der Waals surface area contributed by atoms with E-state index in [4.69, 9.17) is 0 Å². The quantitative estimate of drug-likeness (QED) is 0.201. The molecule has 0 amide bonds. The van der Waals surface area contributed by atoms with Gasteiger partial charge in [0.15, 0.2) is 0 Å². The van der Waals surface area contributed by atoms with Crippen LogP contribution in [0, 0.1) is 17.0 Å². The minimum absolute atomic E-state index is 0. The van der Waals surface area contributed by atoms with Crippen LogP contribution >= 0.6 is 0 Å². The van der Waals surface area contributed by atoms with Crippen LogP contribution in [0.15, 0.2) is 58.8 Å². The number of non-ortho nitro benzene ring substituents is 1. The van der Waals surface area contributed by atoms with E-state index in [9.17, 15) is 20.3 Å². The van der Waals surface area contributed by atoms with Gasteiger partial charge in [0.25, 0.3) is 5.69 Å². The van der Waals surface area contributed by atoms with Gasteiger partial charge in [0.1, 0.15) is 5.69 Å². The van der Waals surface area contributed by atoms with E-state index < -0.39 is 16.6 Å². The van der Waals surface area contributed by atoms with Crippen molar-refractivity contribution in [3.63, 3.8) is 0 Å². The van der Waals surface area contributed by atoms with Crippen LogP contribution in [-0.2, 0) is 0 Å². The van der Waals surface area contributed by atoms with Crippen LogP contribution in [0.5, 0.6) is 11.6 Å². The summed E-state index contributed by atoms with van der Waals surface area (Å²) >= 11 is 0. The number of aromatic nitrogens is 2. The van der Waals surface area contributed by atoms with Gasteiger partial charge in [0.05, 0.1) is 22.0 Å². The number of nitro groups is 1. The van der Waals surface area contributed by atoms with Crippen molar-refractivity contribution in [1.82, 2.24) is 9.78 Å². The van der Waals surface area contributed by atoms with Gasteiger partial charge in [0, 0.05) is 18.0 Å². The first kappa shape index (κ1) is 23.3. The van der Waals surface area contributed by atoms with Crippen molar-refractivity contribution in [2.24, 2.45) is 10.2 Å². The number of para-hydroxylation sites is 1. The number of nitro benzene ring substituents is 1. The maximum atomic E-state index is 12.4. The minimum Gasteiger partial charge on any atom is -0.871 e. The molecular formula is C16H11N5Na2O4. The first-order chi connectivity index (χ1) is 12.0. The average molecular weight is 383 g/mol. The molecule has 0 atom stereocenters. The minimum atomic E-state index is -0.674. The smallest absolute Gasteiger partial charge is 0.871 e. The average Bonchev–Trinajstić information content (AvgIpc) is 2.89. The van der Waals surface area contributed by atoms with Gasteiger partial charge in [-0.05, 0) is 25.1 Å². The third kappa shape index (κ3) is 5.16. The van der Waals surface area contributed by atoms with E-state index in [1.807, 2.05) is 6.07 Å². The second-order valence-electron chi connectivity index (χ2n) is 5.10. The van der Waals surface area contributed by atoms with Crippen molar-refractivity contribution >= 4 is 17.1 Å². The molecule has 0 radical (unpaired) electrons. The summed E-state index contributed by atoms with van der Waals surface area (Å²) in [6.07, 6.45) is 0. The molecule has 0 saturated carbocycles. The number of hydrogen-bond donors (Lipinski definition) is 0. The Hall–Kier alpha value is -1.75. The van der Waals surface area contributed by atoms with E-state index in [0.717, 1.165) is 12.1 Å². The van der Waals surface area contributed by atoms with Gasteiger partial charge in [-0.3, -0.25) is 10.1 Å². The van der Waals surface area contributed by atoms with Crippen molar-refractivity contribution in [3.05, 3.63) is 64.3 Å². The molecule has 0 aliphatic heterocycles. The summed E-state index contributed by atoms with van der Waals surface area (Å²) in [5.41, 5.74) is 0.504. The first-order valence-corrected chi connectivity index (χ1v) is 7.16. The molecule has 0 bridgehead atoms. The van der Waals surface area contributed by atoms with Crippen LogP contribution in [0.25, 0.3) is 5.69 Å². The van der Waals surface area contributed by atoms with Gasteiger partial charge < -0.3 is 10.2 Å². The summed E-state index contributed by atoms with van der Waals surface area (Å²) < 4.78 is 1.19. The molecule has 0 saturated heterocycles. The summed E-state index contributed by atoms with van der Waals surface area (Å²) in [4.78, 5) is 9.96. The van der Waals surface area contributed by atoms with E-state index in [1.54, 1.807) is 31.2 Å². The monoisotopic (exact) mass is 383 g/mol. The fourth-order valence-electron chi connectivity index (χ4n) is 2.16. The molecule has 1 aromatic heterocycles. The molecule has 0 fully saturated rings. The maximum absolute atomic E-state index is 12.4. The van der Waals surface area contributed by atoms with Gasteiger partial charge in [-0.1, -0.05) is 23.9 Å². The topological polar surface area (TPSA) is 132 Å². The molecule has 1 heterocycles. The maximum Gasteiger partial charge on any atom is 1.00 e. The second-order valence-corrected chi connectivity index (χ2v) is 5.10. The molecule has 2 aromatic carbocycles. The Labute approximate surface area is 198 Å². The van der Waals surface area contributed by atoms with Crippen molar-refractivity contribution in [3.8, 4) is 17.3 Å². The summed E-state index contributed by atoms with van der Waals surface area (Å²) in [6.45, 7) is 1.60. The summed E-state index contributed by atoms with van der Waals surface area (Å²) in [5.74, 6) is -1.12. The third-order valence-electron chi connectivity index (χ3n) is 3.40. The second kappa shape index (κ2) is 9.98. The summed E-state index contributed by atoms with van der Waals surface area (Å²) in [6, 6.07) is 12.0. The van der Waals surface area contributed by atoms with E-state index >= 15 is 0 Å². The Bertz CT molecular complexity index is 976. The van der Waals surface area contributed by atoms with E-state index in [-0.39, 0.29) is 76.2 Å². The Morgan fingerprint density at radius 1 is 1.04 bits per heavy atom. The number of azo groups is 1. The summed E-state index contributed by atoms with van der Waals surface area (Å²) in [5, 5.41) is 46.5. The molecule has 0 aliphatic carbocycles. The molecule has 27 heavy (non-hydrogen) atoms. The van der Waals surface area contributed by atoms with E-state index in [0.29, 0.717) is 11.4 Å². The number of aryl methyl sites for hydroxylation is 1. The first-order valence-electron chi connectivity index (χ1n) is 7.16. The van der Waals surface area contributed by atoms with E-state index in [1.165, 1.54) is 10.7 Å². The summed E-state index contributed by atoms with van der Waals surface area (Å²) in [7, 11) is 0. The fraction of sp³-hybridized carbons (Fsp3) is 0.0625. The molecule has 0 spiro atoms. The Morgan fingerprint density at radius 3 is 2.30 bits per heavy atom. The third-order valence-corrected chi connectivity index (χ3v) is 3.40. The van der Waals surface area contributed by atoms with Crippen LogP contribution in [0.2, 0.25) is 0 Å². The van der Waals surface area contributed by atoms with Gasteiger partial charge in [0.2, 0.25) is 0 Å². The van der Waals surface area contributed by atoms with E-state index in [2.05, 4.69) is 15.3 Å². The van der Waals surface area contributed by atoms with Gasteiger partial charge in [-0.25, -0.2) is 4.68 Å². The van der Waals surface area contributed by atoms with Crippen LogP contribution in [0.1, 0.15) is 5.69 Å². The van der Waals surface area contributed by atoms with Crippen LogP contribution in [-0.4, -0.2) is 14.7 Å². The molecule has 0 unspecified atom stereocenters. The Kier molecular flexibility index (Phi) is 8.60. The number of benzene rings is 2. The molecule has 0 N–H and O–H groups in total. The van der Waals surface area contributed by atoms with Crippen molar-refractivity contribution < 1.29 is 74.3 Å². The predicted octanol–water partition coefficient (Wildman–Crippen LogP) is -3.34. The zero-order valence-electron chi connectivity index (χ0n) is 15.0. The van der Waals surface area contributed by atoms with Crippen LogP contribution in [0.3, 0.4) is 0 Å². The van der Waals surface area contributed by atoms with Crippen LogP contribution < -0.4 is 69.3 Å². The standard InChI is InChI=1S/C16H13N5O4.2Na/c1-10-15(16(23)20(19-10)11-5-3-2-4-6-11)18-17-13-8-7-12(21(24)25)9-14(13)22;;/h2-9,22-23H,1H3;;/q;2*+1/p-2. The molecule has 9 nitrogen and oxygen atoms in total. The molecule has 3 aromatic rings. The predicted molar refractivity (Wildman–Crippen MR) is 84.5 cm³/mol. The Balaban J connectivity index is 0.00000182. The SMILES string of the molecule is Cc1nn(-c2ccccc2)c([O-])c1N=Nc1ccc([N+](=O)[O-])cc1[O-].[Na+].[Na+]. The normalized spacial score (nSPS) is 10.3. The number of rotatable bonds is 4. The Morgan fingerprint density at radius 2 is 1.70 bits per heavy atom. The molecule has 0 aliphatic rings. The number of nitrogens with zero attached hydrogens (tertiary/aromatic N) is 5. The van der Waals surface area contributed by atoms with Crippen molar-refractivity contribution in [2.45, 2.75) is 6.92 Å². The van der Waals surface area contributed by atoms with Crippen molar-refractivity contribution in [2.75, 3.05) is 0 Å². The molecule has 3 rings (SSSR count). The molecular weight excluding hydrogens is 372 g/mol. The van der Waals surface area contributed by atoms with Gasteiger partial charge in [-0.15, -0.1) is 5.11 Å². The van der Waals surface area contributed by atoms with Gasteiger partial charge in [-0.2, -0.15) is 10.2 Å². The zero-order chi connectivity index (χ0) is 18.0. The zero-order valence-corrected chi connectivity index (χ0v) is 19.0. The number of hydrogen-bond acceptors (Lipinski definition) is 7. The largest absolute Gasteiger partial charge is 1.00 e. The van der Waals surface area contributed by atoms with Crippen molar-refractivity contribution in [1.29, 1.82) is 0 Å². The molecule has 126 valence electrons. The molecule has 11 heteroatoms. The van der Waals surface area contributed by atoms with Gasteiger partial charge >= 0.3 is 59.1 Å². The fourth-order valence-corrected chi connectivity index (χ4v) is 2.16. The van der Waals surface area contributed by atoms with Crippen LogP contribution in [0.4, 0.5) is 17.1 Å².